The molecule has 172 valence electrons. The first-order valence-electron chi connectivity index (χ1n) is 10.8. The predicted molar refractivity (Wildman–Crippen MR) is 134 cm³/mol. The van der Waals surface area contributed by atoms with Gasteiger partial charge in [-0.05, 0) is 17.7 Å². The summed E-state index contributed by atoms with van der Waals surface area (Å²) in [5.74, 6) is 0.0211. The Kier molecular flexibility index (Phi) is 6.16. The molecule has 5 nitrogen and oxygen atoms in total. The van der Waals surface area contributed by atoms with E-state index >= 15 is 0 Å². The van der Waals surface area contributed by atoms with E-state index in [1.54, 1.807) is 42.5 Å². The van der Waals surface area contributed by atoms with Crippen molar-refractivity contribution < 1.29 is 4.39 Å². The number of rotatable bonds is 5. The Bertz CT molecular complexity index is 1490. The normalized spacial score (nSPS) is 15.8. The molecule has 34 heavy (non-hydrogen) atoms. The zero-order valence-corrected chi connectivity index (χ0v) is 19.6. The van der Waals surface area contributed by atoms with Crippen LogP contribution < -0.4 is 17.0 Å². The Morgan fingerprint density at radius 2 is 1.68 bits per heavy atom. The average Bonchev–Trinajstić information content (AvgIpc) is 3.28. The fraction of sp³-hybridized carbons (Fsp3) is 0.154. The van der Waals surface area contributed by atoms with Crippen molar-refractivity contribution in [1.29, 1.82) is 0 Å². The lowest BCUT2D eigenvalue weighted by atomic mass is 10.1. The molecule has 0 bridgehead atoms. The van der Waals surface area contributed by atoms with Crippen LogP contribution in [0.25, 0.3) is 11.1 Å². The molecule has 2 heterocycles. The highest BCUT2D eigenvalue weighted by Crippen LogP contribution is 2.41. The Hall–Kier alpha value is -3.13. The fourth-order valence-corrected chi connectivity index (χ4v) is 5.89. The average molecular weight is 494 g/mol. The van der Waals surface area contributed by atoms with Crippen molar-refractivity contribution in [2.75, 3.05) is 5.75 Å². The van der Waals surface area contributed by atoms with Crippen molar-refractivity contribution in [2.24, 2.45) is 5.73 Å². The summed E-state index contributed by atoms with van der Waals surface area (Å²) in [5.41, 5.74) is 7.49. The van der Waals surface area contributed by atoms with Crippen LogP contribution in [0.3, 0.4) is 0 Å². The number of halogens is 2. The van der Waals surface area contributed by atoms with E-state index in [2.05, 4.69) is 0 Å². The van der Waals surface area contributed by atoms with Gasteiger partial charge in [-0.2, -0.15) is 0 Å². The molecule has 0 saturated heterocycles. The number of hydrogen-bond acceptors (Lipinski definition) is 4. The number of aromatic nitrogens is 2. The molecular formula is C26H21ClFN3O2S. The van der Waals surface area contributed by atoms with Crippen molar-refractivity contribution in [3.8, 4) is 11.1 Å². The molecule has 0 radical (unpaired) electrons. The van der Waals surface area contributed by atoms with Crippen molar-refractivity contribution in [1.82, 2.24) is 9.13 Å². The van der Waals surface area contributed by atoms with Gasteiger partial charge in [0, 0.05) is 27.9 Å². The van der Waals surface area contributed by atoms with Crippen LogP contribution in [0, 0.1) is 5.82 Å². The van der Waals surface area contributed by atoms with Gasteiger partial charge in [-0.15, -0.1) is 11.8 Å². The highest BCUT2D eigenvalue weighted by atomic mass is 35.5. The van der Waals surface area contributed by atoms with Gasteiger partial charge in [0.15, 0.2) is 0 Å². The quantitative estimate of drug-likeness (QED) is 0.403. The van der Waals surface area contributed by atoms with Crippen LogP contribution in [0.2, 0.25) is 5.02 Å². The predicted octanol–water partition coefficient (Wildman–Crippen LogP) is 4.86. The molecule has 2 atom stereocenters. The first kappa shape index (κ1) is 22.7. The van der Waals surface area contributed by atoms with Gasteiger partial charge in [0.1, 0.15) is 5.82 Å². The number of nitrogens with two attached hydrogens (primary N) is 1. The Labute approximate surface area is 204 Å². The third-order valence-corrected chi connectivity index (χ3v) is 7.52. The van der Waals surface area contributed by atoms with Crippen LogP contribution in [-0.2, 0) is 6.54 Å². The second kappa shape index (κ2) is 9.25. The smallest absolute Gasteiger partial charge is 0.322 e. The maximum absolute atomic E-state index is 14.7. The number of thioether (sulfide) groups is 1. The molecule has 0 amide bonds. The Morgan fingerprint density at radius 3 is 2.41 bits per heavy atom. The second-order valence-corrected chi connectivity index (χ2v) is 9.51. The minimum Gasteiger partial charge on any atom is -0.322 e. The summed E-state index contributed by atoms with van der Waals surface area (Å²) in [6.45, 7) is -0.0198. The molecule has 1 unspecified atom stereocenters. The molecule has 5 rings (SSSR count). The summed E-state index contributed by atoms with van der Waals surface area (Å²) in [7, 11) is 0. The van der Waals surface area contributed by atoms with Gasteiger partial charge in [-0.3, -0.25) is 13.9 Å². The van der Waals surface area contributed by atoms with E-state index in [4.69, 9.17) is 17.3 Å². The van der Waals surface area contributed by atoms with Gasteiger partial charge in [0.05, 0.1) is 23.2 Å². The van der Waals surface area contributed by atoms with Crippen LogP contribution in [-0.4, -0.2) is 14.9 Å². The maximum atomic E-state index is 14.7. The topological polar surface area (TPSA) is 70.0 Å². The van der Waals surface area contributed by atoms with Crippen molar-refractivity contribution in [3.05, 3.63) is 122 Å². The summed E-state index contributed by atoms with van der Waals surface area (Å²) >= 11 is 7.83. The lowest BCUT2D eigenvalue weighted by Crippen LogP contribution is -2.44. The molecule has 3 aromatic carbocycles. The molecule has 0 fully saturated rings. The van der Waals surface area contributed by atoms with Gasteiger partial charge in [-0.25, -0.2) is 9.18 Å². The van der Waals surface area contributed by atoms with Crippen LogP contribution >= 0.6 is 23.4 Å². The van der Waals surface area contributed by atoms with Gasteiger partial charge < -0.3 is 5.73 Å². The molecule has 1 aliphatic heterocycles. The van der Waals surface area contributed by atoms with E-state index in [0.717, 1.165) is 10.1 Å². The van der Waals surface area contributed by atoms with E-state index in [1.807, 2.05) is 30.3 Å². The van der Waals surface area contributed by atoms with Gasteiger partial charge in [0.25, 0.3) is 5.56 Å². The summed E-state index contributed by atoms with van der Waals surface area (Å²) in [5, 5.41) is 0.885. The highest BCUT2D eigenvalue weighted by Gasteiger charge is 2.33. The van der Waals surface area contributed by atoms with Crippen LogP contribution in [0.1, 0.15) is 23.2 Å². The highest BCUT2D eigenvalue weighted by molar-refractivity contribution is 7.99. The molecule has 8 heteroatoms. The summed E-state index contributed by atoms with van der Waals surface area (Å²) in [4.78, 5) is 27.4. The summed E-state index contributed by atoms with van der Waals surface area (Å²) < 4.78 is 17.4. The van der Waals surface area contributed by atoms with Gasteiger partial charge >= 0.3 is 5.69 Å². The molecule has 1 aliphatic rings. The maximum Gasteiger partial charge on any atom is 0.332 e. The zero-order chi connectivity index (χ0) is 23.8. The van der Waals surface area contributed by atoms with E-state index in [0.29, 0.717) is 32.5 Å². The van der Waals surface area contributed by atoms with Crippen LogP contribution in [0.15, 0.2) is 93.5 Å². The van der Waals surface area contributed by atoms with Crippen molar-refractivity contribution >= 4 is 23.4 Å². The number of hydrogen-bond donors (Lipinski definition) is 1. The molecule has 4 aromatic rings. The number of fused-ring (bicyclic) bond motifs is 1. The molecule has 0 aliphatic carbocycles. The Balaban J connectivity index is 1.75. The third kappa shape index (κ3) is 3.90. The van der Waals surface area contributed by atoms with Crippen LogP contribution in [0.4, 0.5) is 4.39 Å². The standard InChI is InChI=1S/C26H21ClFN3O2S/c27-19-12-6-4-10-17(19)23-24(32)30(14-21(29)16-8-2-1-3-9-16)26(33)31-22(15-34-25(23)31)18-11-5-7-13-20(18)28/h1-13,21-22H,14-15,29H2/t21-,22?/m0/s1. The summed E-state index contributed by atoms with van der Waals surface area (Å²) in [6.07, 6.45) is 0. The first-order valence-corrected chi connectivity index (χ1v) is 12.2. The largest absolute Gasteiger partial charge is 0.332 e. The van der Waals surface area contributed by atoms with Gasteiger partial charge in [0.2, 0.25) is 0 Å². The summed E-state index contributed by atoms with van der Waals surface area (Å²) in [6, 6.07) is 21.6. The lowest BCUT2D eigenvalue weighted by Gasteiger charge is -2.20. The molecule has 2 N–H and O–H groups in total. The SMILES string of the molecule is N[C@@H](Cn1c(=O)c(-c2ccccc2Cl)c2n(c1=O)C(c1ccccc1F)CS2)c1ccccc1. The van der Waals surface area contributed by atoms with Gasteiger partial charge in [-0.1, -0.05) is 78.3 Å². The van der Waals surface area contributed by atoms with E-state index in [1.165, 1.54) is 22.4 Å². The monoisotopic (exact) mass is 493 g/mol. The molecule has 0 saturated carbocycles. The minimum absolute atomic E-state index is 0.0198. The molecule has 1 aromatic heterocycles. The van der Waals surface area contributed by atoms with Crippen LogP contribution in [0.5, 0.6) is 0 Å². The lowest BCUT2D eigenvalue weighted by molar-refractivity contribution is 0.468. The fourth-order valence-electron chi connectivity index (χ4n) is 4.33. The molecule has 0 spiro atoms. The number of benzene rings is 3. The first-order chi connectivity index (χ1) is 16.5. The van der Waals surface area contributed by atoms with Crippen molar-refractivity contribution in [3.63, 3.8) is 0 Å². The minimum atomic E-state index is -0.578. The second-order valence-electron chi connectivity index (χ2n) is 8.09. The van der Waals surface area contributed by atoms with E-state index in [9.17, 15) is 14.0 Å². The zero-order valence-electron chi connectivity index (χ0n) is 18.0. The third-order valence-electron chi connectivity index (χ3n) is 6.03. The Morgan fingerprint density at radius 1 is 1.00 bits per heavy atom. The molecular weight excluding hydrogens is 473 g/mol. The van der Waals surface area contributed by atoms with Crippen molar-refractivity contribution in [2.45, 2.75) is 23.7 Å². The van der Waals surface area contributed by atoms with E-state index in [-0.39, 0.29) is 6.54 Å². The van der Waals surface area contributed by atoms with E-state index < -0.39 is 29.1 Å². The number of nitrogens with zero attached hydrogens (tertiary/aromatic N) is 2.